The third kappa shape index (κ3) is 3.99. The Morgan fingerprint density at radius 2 is 2.03 bits per heavy atom. The van der Waals surface area contributed by atoms with Crippen molar-refractivity contribution in [2.24, 2.45) is 5.41 Å². The molecule has 0 saturated carbocycles. The number of rotatable bonds is 2. The number of aromatic nitrogens is 4. The molecular weight excluding hydrogens is 452 g/mol. The first-order valence-corrected chi connectivity index (χ1v) is 11.1. The third-order valence-corrected chi connectivity index (χ3v) is 6.55. The van der Waals surface area contributed by atoms with Crippen molar-refractivity contribution in [1.82, 2.24) is 25.5 Å². The molecule has 0 aromatic carbocycles. The molecule has 164 valence electrons. The quantitative estimate of drug-likeness (QED) is 0.678. The summed E-state index contributed by atoms with van der Waals surface area (Å²) in [7, 11) is 0. The monoisotopic (exact) mass is 480 g/mol. The topological polar surface area (TPSA) is 105 Å². The van der Waals surface area contributed by atoms with Gasteiger partial charge in [-0.05, 0) is 63.4 Å². The Hall–Kier alpha value is -1.94. The predicted octanol–water partition coefficient (Wildman–Crippen LogP) is 3.32. The normalized spacial score (nSPS) is 23.9. The molecule has 0 aliphatic carbocycles. The number of anilines is 1. The van der Waals surface area contributed by atoms with E-state index in [4.69, 9.17) is 14.5 Å². The van der Waals surface area contributed by atoms with Crippen molar-refractivity contribution in [2.75, 3.05) is 24.6 Å². The molecule has 2 atom stereocenters. The Kier molecular flexibility index (Phi) is 5.42. The molecule has 4 heterocycles. The lowest BCUT2D eigenvalue weighted by molar-refractivity contribution is 0.0434. The van der Waals surface area contributed by atoms with Crippen LogP contribution in [0.25, 0.3) is 11.2 Å². The zero-order valence-electron chi connectivity index (χ0n) is 18.1. The molecule has 2 aromatic rings. The van der Waals surface area contributed by atoms with Crippen LogP contribution in [0.1, 0.15) is 46.2 Å². The third-order valence-electron chi connectivity index (χ3n) is 5.99. The molecule has 30 heavy (non-hydrogen) atoms. The first kappa shape index (κ1) is 21.3. The van der Waals surface area contributed by atoms with E-state index in [1.54, 1.807) is 0 Å². The molecule has 2 aliphatic rings. The summed E-state index contributed by atoms with van der Waals surface area (Å²) in [6, 6.07) is -0.0762. The van der Waals surface area contributed by atoms with Gasteiger partial charge >= 0.3 is 6.09 Å². The van der Waals surface area contributed by atoms with Crippen molar-refractivity contribution in [2.45, 2.75) is 65.2 Å². The number of aromatic amines is 1. The molecular formula is C20H29BrN6O3. The Bertz CT molecular complexity index is 948. The second kappa shape index (κ2) is 7.64. The van der Waals surface area contributed by atoms with E-state index in [-0.39, 0.29) is 23.7 Å². The van der Waals surface area contributed by atoms with E-state index in [9.17, 15) is 4.79 Å². The number of fused-ring (bicyclic) bond motifs is 1. The van der Waals surface area contributed by atoms with E-state index in [0.29, 0.717) is 16.9 Å². The summed E-state index contributed by atoms with van der Waals surface area (Å²) in [4.78, 5) is 24.1. The number of nitrogens with zero attached hydrogens (tertiary/aromatic N) is 4. The second-order valence-corrected chi connectivity index (χ2v) is 10.1. The van der Waals surface area contributed by atoms with Crippen LogP contribution in [0.4, 0.5) is 10.6 Å². The first-order valence-electron chi connectivity index (χ1n) is 10.3. The molecule has 0 unspecified atom stereocenters. The van der Waals surface area contributed by atoms with Crippen LogP contribution < -0.4 is 10.2 Å². The van der Waals surface area contributed by atoms with E-state index < -0.39 is 5.60 Å². The van der Waals surface area contributed by atoms with E-state index in [0.717, 1.165) is 43.0 Å². The molecule has 1 spiro atoms. The van der Waals surface area contributed by atoms with E-state index >= 15 is 0 Å². The molecule has 0 radical (unpaired) electrons. The highest BCUT2D eigenvalue weighted by Crippen LogP contribution is 2.43. The average molecular weight is 481 g/mol. The molecule has 2 fully saturated rings. The number of alkyl carbamates (subject to hydrolysis) is 1. The Labute approximate surface area is 184 Å². The minimum absolute atomic E-state index is 0.0516. The lowest BCUT2D eigenvalue weighted by Crippen LogP contribution is -2.55. The minimum atomic E-state index is -0.528. The number of carbonyl (C=O) groups excluding carboxylic acids is 1. The first-order chi connectivity index (χ1) is 14.1. The highest BCUT2D eigenvalue weighted by atomic mass is 79.9. The number of ether oxygens (including phenoxy) is 2. The number of nitrogens with one attached hydrogen (secondary N) is 2. The predicted molar refractivity (Wildman–Crippen MR) is 117 cm³/mol. The van der Waals surface area contributed by atoms with Gasteiger partial charge in [-0.3, -0.25) is 5.10 Å². The fourth-order valence-electron chi connectivity index (χ4n) is 4.49. The van der Waals surface area contributed by atoms with Crippen LogP contribution >= 0.6 is 15.9 Å². The minimum Gasteiger partial charge on any atom is -0.444 e. The van der Waals surface area contributed by atoms with E-state index in [1.165, 1.54) is 0 Å². The maximum atomic E-state index is 12.4. The van der Waals surface area contributed by atoms with Crippen LogP contribution in [-0.4, -0.2) is 63.7 Å². The molecule has 10 heteroatoms. The number of halogens is 1. The van der Waals surface area contributed by atoms with Gasteiger partial charge in [0, 0.05) is 18.5 Å². The van der Waals surface area contributed by atoms with Crippen molar-refractivity contribution in [3.05, 3.63) is 10.3 Å². The molecule has 2 saturated heterocycles. The van der Waals surface area contributed by atoms with Crippen molar-refractivity contribution >= 4 is 39.0 Å². The van der Waals surface area contributed by atoms with Gasteiger partial charge in [0.2, 0.25) is 0 Å². The number of hydrogen-bond donors (Lipinski definition) is 2. The molecule has 2 aliphatic heterocycles. The molecule has 4 rings (SSSR count). The molecule has 9 nitrogen and oxygen atoms in total. The maximum absolute atomic E-state index is 12.4. The molecule has 2 N–H and O–H groups in total. The van der Waals surface area contributed by atoms with Crippen LogP contribution in [0.2, 0.25) is 0 Å². The summed E-state index contributed by atoms with van der Waals surface area (Å²) >= 11 is 3.39. The zero-order valence-corrected chi connectivity index (χ0v) is 19.7. The van der Waals surface area contributed by atoms with Crippen LogP contribution in [0.3, 0.4) is 0 Å². The van der Waals surface area contributed by atoms with Crippen molar-refractivity contribution in [3.63, 3.8) is 0 Å². The van der Waals surface area contributed by atoms with Gasteiger partial charge in [-0.1, -0.05) is 0 Å². The number of amides is 1. The van der Waals surface area contributed by atoms with Gasteiger partial charge in [0.05, 0.1) is 24.4 Å². The summed E-state index contributed by atoms with van der Waals surface area (Å²) in [5, 5.41) is 10.1. The van der Waals surface area contributed by atoms with Gasteiger partial charge in [-0.2, -0.15) is 5.10 Å². The summed E-state index contributed by atoms with van der Waals surface area (Å²) in [5.41, 5.74) is 1.66. The zero-order chi connectivity index (χ0) is 21.7. The van der Waals surface area contributed by atoms with Gasteiger partial charge in [-0.15, -0.1) is 0 Å². The van der Waals surface area contributed by atoms with Gasteiger partial charge in [0.15, 0.2) is 16.1 Å². The summed E-state index contributed by atoms with van der Waals surface area (Å²) in [5.74, 6) is 0.872. The van der Waals surface area contributed by atoms with Gasteiger partial charge in [0.1, 0.15) is 11.1 Å². The maximum Gasteiger partial charge on any atom is 0.407 e. The summed E-state index contributed by atoms with van der Waals surface area (Å²) < 4.78 is 12.1. The Balaban J connectivity index is 1.48. The molecule has 1 amide bonds. The van der Waals surface area contributed by atoms with Gasteiger partial charge in [-0.25, -0.2) is 14.8 Å². The number of piperidine rings is 1. The van der Waals surface area contributed by atoms with E-state index in [2.05, 4.69) is 41.3 Å². The average Bonchev–Trinajstić information content (AvgIpc) is 3.16. The molecule has 0 bridgehead atoms. The SMILES string of the molecule is Cc1nc2c(Br)n[nH]c2nc1N1CCC2(CC1)CO[C@@H](C)[C@H]2NC(=O)OC(C)(C)C. The van der Waals surface area contributed by atoms with E-state index in [1.807, 2.05) is 34.6 Å². The van der Waals surface area contributed by atoms with Gasteiger partial charge in [0.25, 0.3) is 0 Å². The summed E-state index contributed by atoms with van der Waals surface area (Å²) in [6.45, 7) is 11.9. The fourth-order valence-corrected chi connectivity index (χ4v) is 4.86. The largest absolute Gasteiger partial charge is 0.444 e. The Morgan fingerprint density at radius 1 is 1.33 bits per heavy atom. The fraction of sp³-hybridized carbons (Fsp3) is 0.700. The second-order valence-electron chi connectivity index (χ2n) is 9.33. The summed E-state index contributed by atoms with van der Waals surface area (Å²) in [6.07, 6.45) is 1.35. The standard InChI is InChI=1S/C20H29BrN6O3/c1-11-17(24-16-13(22-11)15(21)25-26-16)27-8-6-20(7-9-27)10-29-12(2)14(20)23-18(28)30-19(3,4)5/h12,14H,6-10H2,1-5H3,(H,23,28)(H,24,25,26)/t12-,14+/m0/s1. The van der Waals surface area contributed by atoms with Crippen molar-refractivity contribution in [3.8, 4) is 0 Å². The van der Waals surface area contributed by atoms with Crippen LogP contribution in [0.15, 0.2) is 4.60 Å². The Morgan fingerprint density at radius 3 is 2.70 bits per heavy atom. The van der Waals surface area contributed by atoms with Crippen molar-refractivity contribution < 1.29 is 14.3 Å². The van der Waals surface area contributed by atoms with Crippen molar-refractivity contribution in [1.29, 1.82) is 0 Å². The number of H-pyrrole nitrogens is 1. The lowest BCUT2D eigenvalue weighted by atomic mass is 9.73. The molecule has 2 aromatic heterocycles. The number of carbonyl (C=O) groups is 1. The highest BCUT2D eigenvalue weighted by molar-refractivity contribution is 9.10. The van der Waals surface area contributed by atoms with Crippen LogP contribution in [-0.2, 0) is 9.47 Å². The highest BCUT2D eigenvalue weighted by Gasteiger charge is 2.50. The van der Waals surface area contributed by atoms with Gasteiger partial charge < -0.3 is 19.7 Å². The lowest BCUT2D eigenvalue weighted by Gasteiger charge is -2.43. The number of aryl methyl sites for hydroxylation is 1. The smallest absolute Gasteiger partial charge is 0.407 e. The van der Waals surface area contributed by atoms with Crippen LogP contribution in [0, 0.1) is 12.3 Å². The van der Waals surface area contributed by atoms with Crippen LogP contribution in [0.5, 0.6) is 0 Å². The number of hydrogen-bond acceptors (Lipinski definition) is 7.